The highest BCUT2D eigenvalue weighted by atomic mass is 32.2. The van der Waals surface area contributed by atoms with Gasteiger partial charge in [0, 0.05) is 18.5 Å². The van der Waals surface area contributed by atoms with Crippen molar-refractivity contribution in [2.45, 2.75) is 37.6 Å². The molecule has 1 aliphatic rings. The van der Waals surface area contributed by atoms with Crippen molar-refractivity contribution in [2.24, 2.45) is 4.40 Å². The Morgan fingerprint density at radius 2 is 1.65 bits per heavy atom. The molecule has 0 saturated carbocycles. The van der Waals surface area contributed by atoms with Gasteiger partial charge in [0.2, 0.25) is 5.82 Å². The Hall–Kier alpha value is -3.85. The molecule has 5 rings (SSSR count). The average molecular weight is 473 g/mol. The van der Waals surface area contributed by atoms with E-state index in [1.807, 2.05) is 41.3 Å². The van der Waals surface area contributed by atoms with Crippen LogP contribution in [0.25, 0.3) is 22.5 Å². The summed E-state index contributed by atoms with van der Waals surface area (Å²) in [6, 6.07) is 23.2. The van der Waals surface area contributed by atoms with Crippen LogP contribution in [-0.2, 0) is 16.6 Å². The Balaban J connectivity index is 1.47. The fraction of sp³-hybridized carbons (Fsp3) is 0.200. The number of fused-ring (bicyclic) bond motifs is 1. The maximum atomic E-state index is 12.7. The smallest absolute Gasteiger partial charge is 0.286 e. The minimum absolute atomic E-state index is 0.251. The van der Waals surface area contributed by atoms with Crippen LogP contribution in [0.1, 0.15) is 31.7 Å². The summed E-state index contributed by atoms with van der Waals surface area (Å²) in [5.74, 6) is 1.13. The molecule has 0 fully saturated rings. The minimum atomic E-state index is -3.69. The molecule has 1 aliphatic heterocycles. The van der Waals surface area contributed by atoms with E-state index in [4.69, 9.17) is 0 Å². The van der Waals surface area contributed by atoms with Gasteiger partial charge in [-0.05, 0) is 40.5 Å². The molecule has 2 heterocycles. The van der Waals surface area contributed by atoms with Gasteiger partial charge < -0.3 is 4.90 Å². The molecule has 4 aromatic rings. The van der Waals surface area contributed by atoms with Crippen LogP contribution in [0, 0.1) is 0 Å². The number of para-hydroxylation sites is 1. The van der Waals surface area contributed by atoms with Crippen LogP contribution in [0.5, 0.6) is 0 Å². The number of nitrogens with zero attached hydrogens (tertiary/aromatic N) is 5. The number of aromatic nitrogens is 4. The normalized spacial score (nSPS) is 14.5. The number of amidine groups is 1. The molecule has 0 aliphatic carbocycles. The van der Waals surface area contributed by atoms with Crippen molar-refractivity contribution >= 4 is 21.5 Å². The first-order valence-electron chi connectivity index (χ1n) is 11.2. The molecule has 8 nitrogen and oxygen atoms in total. The highest BCUT2D eigenvalue weighted by Crippen LogP contribution is 2.34. The van der Waals surface area contributed by atoms with Gasteiger partial charge in [-0.2, -0.15) is 13.6 Å². The second-order valence-electron chi connectivity index (χ2n) is 8.12. The molecule has 9 heteroatoms. The van der Waals surface area contributed by atoms with Gasteiger partial charge in [0.05, 0.1) is 5.69 Å². The number of H-pyrrole nitrogens is 1. The molecule has 1 aromatic heterocycles. The van der Waals surface area contributed by atoms with E-state index in [0.717, 1.165) is 35.1 Å². The molecule has 3 aromatic carbocycles. The molecule has 0 spiro atoms. The van der Waals surface area contributed by atoms with Crippen molar-refractivity contribution in [1.29, 1.82) is 0 Å². The van der Waals surface area contributed by atoms with Gasteiger partial charge in [-0.15, -0.1) is 14.6 Å². The predicted octanol–water partition coefficient (Wildman–Crippen LogP) is 4.83. The Morgan fingerprint density at radius 1 is 0.912 bits per heavy atom. The molecule has 1 N–H and O–H groups in total. The van der Waals surface area contributed by atoms with E-state index in [9.17, 15) is 8.42 Å². The predicted molar refractivity (Wildman–Crippen MR) is 132 cm³/mol. The van der Waals surface area contributed by atoms with Crippen molar-refractivity contribution in [3.05, 3.63) is 78.4 Å². The molecule has 34 heavy (non-hydrogen) atoms. The summed E-state index contributed by atoms with van der Waals surface area (Å²) in [6.07, 6.45) is 2.45. The molecule has 0 unspecified atom stereocenters. The van der Waals surface area contributed by atoms with E-state index in [0.29, 0.717) is 30.3 Å². The fourth-order valence-corrected chi connectivity index (χ4v) is 5.40. The summed E-state index contributed by atoms with van der Waals surface area (Å²) in [6.45, 7) is 2.61. The number of unbranched alkanes of at least 4 members (excludes halogenated alkanes) is 1. The van der Waals surface area contributed by atoms with Crippen LogP contribution in [-0.4, -0.2) is 34.9 Å². The zero-order valence-electron chi connectivity index (χ0n) is 18.7. The van der Waals surface area contributed by atoms with Crippen LogP contribution in [0.15, 0.2) is 82.1 Å². The number of hydrogen-bond acceptors (Lipinski definition) is 6. The Morgan fingerprint density at radius 3 is 2.38 bits per heavy atom. The zero-order valence-corrected chi connectivity index (χ0v) is 19.5. The van der Waals surface area contributed by atoms with E-state index >= 15 is 0 Å². The Labute approximate surface area is 198 Å². The van der Waals surface area contributed by atoms with E-state index in [1.54, 1.807) is 12.1 Å². The second-order valence-corrected chi connectivity index (χ2v) is 9.69. The van der Waals surface area contributed by atoms with Crippen molar-refractivity contribution in [2.75, 3.05) is 4.90 Å². The quantitative estimate of drug-likeness (QED) is 0.413. The molecular formula is C25H24N6O2S. The lowest BCUT2D eigenvalue weighted by molar-refractivity contribution is 0.596. The number of anilines is 1. The SMILES string of the molecule is CCCCC1=NS(=O)(=O)c2ccccc2N1Cc1ccc(-c2ccccc2-c2nn[nH]n2)cc1. The number of nitrogens with one attached hydrogen (secondary N) is 1. The molecule has 0 radical (unpaired) electrons. The molecule has 0 atom stereocenters. The topological polar surface area (TPSA) is 104 Å². The third kappa shape index (κ3) is 4.22. The number of tetrazole rings is 1. The standard InChI is InChI=1S/C25H24N6O2S/c1-2-3-12-24-28-34(32,33)23-11-7-6-10-22(23)31(24)17-18-13-15-19(16-14-18)20-8-4-5-9-21(20)25-26-29-30-27-25/h4-11,13-16H,2-3,12,17H2,1H3,(H,26,27,29,30). The lowest BCUT2D eigenvalue weighted by atomic mass is 9.98. The monoisotopic (exact) mass is 472 g/mol. The Bertz CT molecular complexity index is 1430. The largest absolute Gasteiger partial charge is 0.323 e. The third-order valence-corrected chi connectivity index (χ3v) is 7.20. The summed E-state index contributed by atoms with van der Waals surface area (Å²) in [5, 5.41) is 14.4. The summed E-state index contributed by atoms with van der Waals surface area (Å²) >= 11 is 0. The lowest BCUT2D eigenvalue weighted by Crippen LogP contribution is -2.35. The van der Waals surface area contributed by atoms with Crippen LogP contribution >= 0.6 is 0 Å². The van der Waals surface area contributed by atoms with Gasteiger partial charge >= 0.3 is 0 Å². The molecular weight excluding hydrogens is 448 g/mol. The van der Waals surface area contributed by atoms with Crippen molar-refractivity contribution in [1.82, 2.24) is 20.6 Å². The highest BCUT2D eigenvalue weighted by Gasteiger charge is 2.30. The summed E-state index contributed by atoms with van der Waals surface area (Å²) < 4.78 is 29.7. The van der Waals surface area contributed by atoms with Gasteiger partial charge in [-0.1, -0.05) is 74.0 Å². The van der Waals surface area contributed by atoms with Gasteiger partial charge in [-0.25, -0.2) is 0 Å². The lowest BCUT2D eigenvalue weighted by Gasteiger charge is -2.31. The first kappa shape index (κ1) is 22.0. The zero-order chi connectivity index (χ0) is 23.5. The Kier molecular flexibility index (Phi) is 5.93. The first-order valence-corrected chi connectivity index (χ1v) is 12.6. The van der Waals surface area contributed by atoms with E-state index in [1.165, 1.54) is 0 Å². The minimum Gasteiger partial charge on any atom is -0.323 e. The first-order chi connectivity index (χ1) is 16.6. The van der Waals surface area contributed by atoms with Crippen LogP contribution in [0.4, 0.5) is 5.69 Å². The van der Waals surface area contributed by atoms with Gasteiger partial charge in [0.1, 0.15) is 10.7 Å². The second kappa shape index (κ2) is 9.18. The van der Waals surface area contributed by atoms with E-state index in [-0.39, 0.29) is 4.90 Å². The van der Waals surface area contributed by atoms with Gasteiger partial charge in [0.15, 0.2) is 0 Å². The summed E-state index contributed by atoms with van der Waals surface area (Å²) in [5.41, 5.74) is 4.67. The number of aromatic amines is 1. The third-order valence-electron chi connectivity index (χ3n) is 5.84. The van der Waals surface area contributed by atoms with Crippen LogP contribution in [0.2, 0.25) is 0 Å². The highest BCUT2D eigenvalue weighted by molar-refractivity contribution is 7.90. The molecule has 0 saturated heterocycles. The van der Waals surface area contributed by atoms with Crippen LogP contribution < -0.4 is 4.90 Å². The average Bonchev–Trinajstić information content (AvgIpc) is 3.40. The number of benzene rings is 3. The van der Waals surface area contributed by atoms with Gasteiger partial charge in [0.25, 0.3) is 10.0 Å². The fourth-order valence-electron chi connectivity index (χ4n) is 4.14. The van der Waals surface area contributed by atoms with E-state index in [2.05, 4.69) is 56.2 Å². The summed E-state index contributed by atoms with van der Waals surface area (Å²) in [7, 11) is -3.69. The summed E-state index contributed by atoms with van der Waals surface area (Å²) in [4.78, 5) is 2.27. The van der Waals surface area contributed by atoms with E-state index < -0.39 is 10.0 Å². The maximum absolute atomic E-state index is 12.7. The number of rotatable bonds is 7. The van der Waals surface area contributed by atoms with Crippen molar-refractivity contribution in [3.8, 4) is 22.5 Å². The number of sulfonamides is 1. The molecule has 172 valence electrons. The van der Waals surface area contributed by atoms with Gasteiger partial charge in [-0.3, -0.25) is 0 Å². The molecule has 0 bridgehead atoms. The van der Waals surface area contributed by atoms with Crippen molar-refractivity contribution < 1.29 is 8.42 Å². The van der Waals surface area contributed by atoms with Crippen molar-refractivity contribution in [3.63, 3.8) is 0 Å². The van der Waals surface area contributed by atoms with Crippen LogP contribution in [0.3, 0.4) is 0 Å². The molecule has 0 amide bonds. The number of hydrogen-bond donors (Lipinski definition) is 1. The maximum Gasteiger partial charge on any atom is 0.286 e.